The lowest BCUT2D eigenvalue weighted by Gasteiger charge is -2.06. The van der Waals surface area contributed by atoms with Gasteiger partial charge in [0, 0.05) is 17.5 Å². The summed E-state index contributed by atoms with van der Waals surface area (Å²) in [5, 5.41) is 8.94. The second-order valence-electron chi connectivity index (χ2n) is 5.61. The molecule has 1 heterocycles. The van der Waals surface area contributed by atoms with Crippen LogP contribution in [0.5, 0.6) is 0 Å². The normalized spacial score (nSPS) is 11.9. The minimum atomic E-state index is -4.59. The van der Waals surface area contributed by atoms with Gasteiger partial charge in [-0.1, -0.05) is 29.8 Å². The van der Waals surface area contributed by atoms with E-state index < -0.39 is 20.5 Å². The zero-order valence-corrected chi connectivity index (χ0v) is 15.6. The smallest absolute Gasteiger partial charge is 0.305 e. The van der Waals surface area contributed by atoms with Gasteiger partial charge in [-0.3, -0.25) is 0 Å². The Morgan fingerprint density at radius 3 is 2.19 bits per heavy atom. The minimum absolute atomic E-state index is 0.407. The van der Waals surface area contributed by atoms with Gasteiger partial charge < -0.3 is 4.57 Å². The Morgan fingerprint density at radius 2 is 1.62 bits per heavy atom. The highest BCUT2D eigenvalue weighted by molar-refractivity contribution is 7.99. The maximum atomic E-state index is 12.6. The number of benzene rings is 2. The molecule has 0 fully saturated rings. The van der Waals surface area contributed by atoms with E-state index >= 15 is 0 Å². The van der Waals surface area contributed by atoms with E-state index in [1.807, 2.05) is 42.8 Å². The molecule has 0 aliphatic rings. The minimum Gasteiger partial charge on any atom is -0.305 e. The van der Waals surface area contributed by atoms with Gasteiger partial charge in [0.15, 0.2) is 11.0 Å². The van der Waals surface area contributed by atoms with Crippen LogP contribution in [0.25, 0.3) is 11.4 Å². The van der Waals surface area contributed by atoms with Gasteiger partial charge in [0.25, 0.3) is 0 Å². The number of halogens is 2. The summed E-state index contributed by atoms with van der Waals surface area (Å²) in [5.74, 6) is -2.73. The van der Waals surface area contributed by atoms with Crippen molar-refractivity contribution in [1.29, 1.82) is 0 Å². The van der Waals surface area contributed by atoms with Crippen LogP contribution in [0.3, 0.4) is 0 Å². The standard InChI is InChI=1S/C17H15F2N3O2S2/c1-11-3-5-12(6-4-11)15-20-21-17(22(15)2)25-13-7-9-14(10-8-13)26(23,24)16(18)19/h3-10,16H,1-2H3. The highest BCUT2D eigenvalue weighted by Crippen LogP contribution is 2.30. The molecule has 136 valence electrons. The van der Waals surface area contributed by atoms with Crippen LogP contribution in [0, 0.1) is 6.92 Å². The summed E-state index contributed by atoms with van der Waals surface area (Å²) in [7, 11) is -2.76. The molecule has 0 N–H and O–H groups in total. The lowest BCUT2D eigenvalue weighted by Crippen LogP contribution is -2.11. The van der Waals surface area contributed by atoms with Crippen molar-refractivity contribution in [1.82, 2.24) is 14.8 Å². The molecule has 0 aliphatic heterocycles. The zero-order valence-electron chi connectivity index (χ0n) is 13.9. The Balaban J connectivity index is 1.83. The maximum Gasteiger partial charge on any atom is 0.341 e. The Hall–Kier alpha value is -2.26. The van der Waals surface area contributed by atoms with E-state index in [2.05, 4.69) is 10.2 Å². The number of alkyl halides is 2. The molecule has 2 aromatic carbocycles. The molecule has 0 unspecified atom stereocenters. The van der Waals surface area contributed by atoms with Crippen LogP contribution in [0.15, 0.2) is 63.5 Å². The first-order valence-electron chi connectivity index (χ1n) is 7.55. The summed E-state index contributed by atoms with van der Waals surface area (Å²) < 4.78 is 49.9. The van der Waals surface area contributed by atoms with Crippen molar-refractivity contribution in [3.63, 3.8) is 0 Å². The van der Waals surface area contributed by atoms with Crippen molar-refractivity contribution in [3.8, 4) is 11.4 Å². The molecule has 0 amide bonds. The van der Waals surface area contributed by atoms with Gasteiger partial charge >= 0.3 is 5.76 Å². The van der Waals surface area contributed by atoms with Gasteiger partial charge in [-0.15, -0.1) is 10.2 Å². The van der Waals surface area contributed by atoms with Crippen LogP contribution in [0.4, 0.5) is 8.78 Å². The molecule has 0 aliphatic carbocycles. The third-order valence-corrected chi connectivity index (χ3v) is 6.18. The van der Waals surface area contributed by atoms with Crippen LogP contribution in [-0.4, -0.2) is 28.9 Å². The van der Waals surface area contributed by atoms with E-state index in [0.29, 0.717) is 15.9 Å². The van der Waals surface area contributed by atoms with Crippen molar-refractivity contribution in [2.24, 2.45) is 7.05 Å². The van der Waals surface area contributed by atoms with Crippen molar-refractivity contribution in [3.05, 3.63) is 54.1 Å². The summed E-state index contributed by atoms with van der Waals surface area (Å²) in [4.78, 5) is 0.263. The molecule has 9 heteroatoms. The Kier molecular flexibility index (Phi) is 5.10. The summed E-state index contributed by atoms with van der Waals surface area (Å²) in [5.41, 5.74) is 2.07. The van der Waals surface area contributed by atoms with Crippen LogP contribution in [0.2, 0.25) is 0 Å². The van der Waals surface area contributed by atoms with Crippen LogP contribution < -0.4 is 0 Å². The predicted molar refractivity (Wildman–Crippen MR) is 94.9 cm³/mol. The number of rotatable bonds is 5. The lowest BCUT2D eigenvalue weighted by atomic mass is 10.1. The lowest BCUT2D eigenvalue weighted by molar-refractivity contribution is 0.234. The molecule has 0 saturated carbocycles. The fourth-order valence-corrected chi connectivity index (χ4v) is 3.77. The fourth-order valence-electron chi connectivity index (χ4n) is 2.26. The molecule has 5 nitrogen and oxygen atoms in total. The van der Waals surface area contributed by atoms with E-state index in [-0.39, 0.29) is 0 Å². The molecular weight excluding hydrogens is 380 g/mol. The molecule has 0 spiro atoms. The SMILES string of the molecule is Cc1ccc(-c2nnc(Sc3ccc(S(=O)(=O)C(F)F)cc3)n2C)cc1. The fraction of sp³-hybridized carbons (Fsp3) is 0.176. The summed E-state index contributed by atoms with van der Waals surface area (Å²) in [6.45, 7) is 2.00. The predicted octanol–water partition coefficient (Wildman–Crippen LogP) is 3.94. The zero-order chi connectivity index (χ0) is 18.9. The average Bonchev–Trinajstić information content (AvgIpc) is 2.97. The van der Waals surface area contributed by atoms with Crippen molar-refractivity contribution in [2.75, 3.05) is 0 Å². The molecule has 1 aromatic heterocycles. The van der Waals surface area contributed by atoms with Gasteiger partial charge in [-0.25, -0.2) is 8.42 Å². The first-order valence-corrected chi connectivity index (χ1v) is 9.92. The molecule has 0 bridgehead atoms. The van der Waals surface area contributed by atoms with Crippen LogP contribution in [0.1, 0.15) is 5.56 Å². The van der Waals surface area contributed by atoms with E-state index in [1.54, 1.807) is 0 Å². The first kappa shape index (κ1) is 18.5. The third-order valence-electron chi connectivity index (χ3n) is 3.74. The van der Waals surface area contributed by atoms with E-state index in [4.69, 9.17) is 0 Å². The number of aryl methyl sites for hydroxylation is 1. The molecule has 3 aromatic rings. The number of hydrogen-bond donors (Lipinski definition) is 0. The Morgan fingerprint density at radius 1 is 1.00 bits per heavy atom. The number of nitrogens with zero attached hydrogens (tertiary/aromatic N) is 3. The Bertz CT molecular complexity index is 1020. The summed E-state index contributed by atoms with van der Waals surface area (Å²) >= 11 is 1.27. The highest BCUT2D eigenvalue weighted by atomic mass is 32.2. The largest absolute Gasteiger partial charge is 0.341 e. The summed E-state index contributed by atoms with van der Waals surface area (Å²) in [6, 6.07) is 13.2. The monoisotopic (exact) mass is 395 g/mol. The topological polar surface area (TPSA) is 64.8 Å². The second kappa shape index (κ2) is 7.16. The molecule has 3 rings (SSSR count). The van der Waals surface area contributed by atoms with Crippen molar-refractivity contribution >= 4 is 21.6 Å². The number of sulfone groups is 1. The first-order chi connectivity index (χ1) is 12.3. The van der Waals surface area contributed by atoms with E-state index in [9.17, 15) is 17.2 Å². The molecule has 0 atom stereocenters. The number of hydrogen-bond acceptors (Lipinski definition) is 5. The van der Waals surface area contributed by atoms with Gasteiger partial charge in [0.05, 0.1) is 4.90 Å². The van der Waals surface area contributed by atoms with E-state index in [1.165, 1.54) is 36.0 Å². The van der Waals surface area contributed by atoms with Gasteiger partial charge in [0.1, 0.15) is 0 Å². The van der Waals surface area contributed by atoms with Crippen LogP contribution in [-0.2, 0) is 16.9 Å². The van der Waals surface area contributed by atoms with Gasteiger partial charge in [-0.2, -0.15) is 8.78 Å². The molecule has 0 radical (unpaired) electrons. The van der Waals surface area contributed by atoms with Crippen LogP contribution >= 0.6 is 11.8 Å². The van der Waals surface area contributed by atoms with Gasteiger partial charge in [0.2, 0.25) is 9.84 Å². The molecular formula is C17H15F2N3O2S2. The van der Waals surface area contributed by atoms with Crippen molar-refractivity contribution in [2.45, 2.75) is 27.6 Å². The molecule has 0 saturated heterocycles. The van der Waals surface area contributed by atoms with Gasteiger partial charge in [-0.05, 0) is 43.0 Å². The number of aromatic nitrogens is 3. The molecule has 26 heavy (non-hydrogen) atoms. The average molecular weight is 395 g/mol. The Labute approximate surface area is 154 Å². The third kappa shape index (κ3) is 3.63. The maximum absolute atomic E-state index is 12.6. The highest BCUT2D eigenvalue weighted by Gasteiger charge is 2.26. The quantitative estimate of drug-likeness (QED) is 0.655. The van der Waals surface area contributed by atoms with E-state index in [0.717, 1.165) is 11.1 Å². The van der Waals surface area contributed by atoms with Crippen molar-refractivity contribution < 1.29 is 17.2 Å². The second-order valence-corrected chi connectivity index (χ2v) is 8.57. The summed E-state index contributed by atoms with van der Waals surface area (Å²) in [6.07, 6.45) is 0.